The minimum atomic E-state index is 0.0240. The number of rotatable bonds is 12. The first-order valence-corrected chi connectivity index (χ1v) is 12.8. The van der Waals surface area contributed by atoms with Crippen LogP contribution in [0.2, 0.25) is 0 Å². The van der Waals surface area contributed by atoms with E-state index in [2.05, 4.69) is 45.1 Å². The molecule has 2 aromatic rings. The number of piperidine rings is 1. The molecule has 186 valence electrons. The molecule has 1 heterocycles. The number of carbonyl (C=O) groups excluding carboxylic acids is 1. The zero-order valence-electron chi connectivity index (χ0n) is 20.2. The van der Waals surface area contributed by atoms with Crippen LogP contribution in [-0.2, 0) is 11.3 Å². The molecule has 7 nitrogen and oxygen atoms in total. The fraction of sp³-hybridized carbons (Fsp3) is 0.444. The van der Waals surface area contributed by atoms with E-state index in [1.54, 1.807) is 18.2 Å². The first kappa shape index (κ1) is 26.5. The Kier molecular flexibility index (Phi) is 11.3. The number of hydrogen-bond acceptors (Lipinski definition) is 5. The van der Waals surface area contributed by atoms with Crippen molar-refractivity contribution in [3.8, 4) is 11.8 Å². The summed E-state index contributed by atoms with van der Waals surface area (Å²) in [6.45, 7) is 5.10. The van der Waals surface area contributed by atoms with Crippen LogP contribution in [0.5, 0.6) is 5.75 Å². The highest BCUT2D eigenvalue weighted by Crippen LogP contribution is 2.17. The van der Waals surface area contributed by atoms with Crippen molar-refractivity contribution >= 4 is 28.9 Å². The highest BCUT2D eigenvalue weighted by Gasteiger charge is 2.10. The van der Waals surface area contributed by atoms with Gasteiger partial charge in [0.15, 0.2) is 5.11 Å². The van der Waals surface area contributed by atoms with E-state index in [1.807, 2.05) is 12.1 Å². The van der Waals surface area contributed by atoms with Crippen molar-refractivity contribution < 1.29 is 9.53 Å². The number of thiocarbonyl (C=S) groups is 1. The number of benzene rings is 2. The second-order valence-corrected chi connectivity index (χ2v) is 9.12. The van der Waals surface area contributed by atoms with Crippen molar-refractivity contribution in [1.82, 2.24) is 15.5 Å². The topological polar surface area (TPSA) is 89.4 Å². The average molecular weight is 494 g/mol. The summed E-state index contributed by atoms with van der Waals surface area (Å²) >= 11 is 5.26. The number of nitriles is 1. The molecule has 8 heteroatoms. The van der Waals surface area contributed by atoms with E-state index in [9.17, 15) is 4.79 Å². The monoisotopic (exact) mass is 493 g/mol. The standard InChI is InChI=1S/C27H35N5O2S/c28-20-22-8-4-10-24(18-22)31-27(35)30-13-6-12-26(33)29-14-7-17-34-25-11-5-9-23(19-25)21-32-15-2-1-3-16-32/h4-5,8-11,18-19H,1-3,6-7,12-17,21H2,(H,29,33)(H2,30,31,35). The summed E-state index contributed by atoms with van der Waals surface area (Å²) in [5.74, 6) is 0.914. The van der Waals surface area contributed by atoms with Gasteiger partial charge in [0.25, 0.3) is 0 Å². The molecule has 1 amide bonds. The van der Waals surface area contributed by atoms with Gasteiger partial charge in [-0.25, -0.2) is 0 Å². The largest absolute Gasteiger partial charge is 0.494 e. The van der Waals surface area contributed by atoms with Gasteiger partial charge in [0.1, 0.15) is 5.75 Å². The Hall–Kier alpha value is -3.15. The van der Waals surface area contributed by atoms with Crippen LogP contribution in [0.15, 0.2) is 48.5 Å². The molecular weight excluding hydrogens is 458 g/mol. The minimum absolute atomic E-state index is 0.0240. The molecule has 0 aliphatic carbocycles. The number of carbonyl (C=O) groups is 1. The Morgan fingerprint density at radius 3 is 2.66 bits per heavy atom. The van der Waals surface area contributed by atoms with E-state index in [0.29, 0.717) is 43.2 Å². The van der Waals surface area contributed by atoms with E-state index in [-0.39, 0.29) is 5.91 Å². The Morgan fingerprint density at radius 1 is 1.03 bits per heavy atom. The van der Waals surface area contributed by atoms with Crippen LogP contribution in [0.4, 0.5) is 5.69 Å². The van der Waals surface area contributed by atoms with Gasteiger partial charge in [-0.05, 0) is 86.9 Å². The lowest BCUT2D eigenvalue weighted by atomic mass is 10.1. The van der Waals surface area contributed by atoms with E-state index in [0.717, 1.165) is 24.4 Å². The van der Waals surface area contributed by atoms with Gasteiger partial charge in [-0.1, -0.05) is 24.6 Å². The lowest BCUT2D eigenvalue weighted by Crippen LogP contribution is -2.31. The summed E-state index contributed by atoms with van der Waals surface area (Å²) < 4.78 is 5.89. The third kappa shape index (κ3) is 10.3. The number of anilines is 1. The van der Waals surface area contributed by atoms with Gasteiger partial charge in [-0.2, -0.15) is 5.26 Å². The highest BCUT2D eigenvalue weighted by atomic mass is 32.1. The smallest absolute Gasteiger partial charge is 0.220 e. The molecule has 2 aromatic carbocycles. The highest BCUT2D eigenvalue weighted by molar-refractivity contribution is 7.80. The van der Waals surface area contributed by atoms with Crippen LogP contribution >= 0.6 is 12.2 Å². The molecule has 0 aromatic heterocycles. The summed E-state index contributed by atoms with van der Waals surface area (Å²) in [5, 5.41) is 18.5. The molecule has 1 aliphatic heterocycles. The van der Waals surface area contributed by atoms with Gasteiger partial charge in [-0.3, -0.25) is 9.69 Å². The molecule has 0 atom stereocenters. The molecule has 0 spiro atoms. The summed E-state index contributed by atoms with van der Waals surface area (Å²) in [5.41, 5.74) is 2.62. The first-order chi connectivity index (χ1) is 17.1. The molecular formula is C27H35N5O2S. The molecule has 0 unspecified atom stereocenters. The molecule has 3 N–H and O–H groups in total. The summed E-state index contributed by atoms with van der Waals surface area (Å²) in [7, 11) is 0. The van der Waals surface area contributed by atoms with E-state index in [4.69, 9.17) is 22.2 Å². The lowest BCUT2D eigenvalue weighted by molar-refractivity contribution is -0.121. The predicted molar refractivity (Wildman–Crippen MR) is 143 cm³/mol. The van der Waals surface area contributed by atoms with Crippen LogP contribution in [0, 0.1) is 11.3 Å². The predicted octanol–water partition coefficient (Wildman–Crippen LogP) is 4.20. The average Bonchev–Trinajstić information content (AvgIpc) is 2.87. The minimum Gasteiger partial charge on any atom is -0.494 e. The zero-order chi connectivity index (χ0) is 24.7. The maximum atomic E-state index is 12.1. The second-order valence-electron chi connectivity index (χ2n) is 8.71. The van der Waals surface area contributed by atoms with Gasteiger partial charge in [0, 0.05) is 31.7 Å². The molecule has 0 saturated carbocycles. The molecule has 0 radical (unpaired) electrons. The van der Waals surface area contributed by atoms with Gasteiger partial charge in [-0.15, -0.1) is 0 Å². The van der Waals surface area contributed by atoms with Crippen molar-refractivity contribution in [2.24, 2.45) is 0 Å². The molecule has 1 saturated heterocycles. The van der Waals surface area contributed by atoms with Crippen molar-refractivity contribution in [3.63, 3.8) is 0 Å². The SMILES string of the molecule is N#Cc1cccc(NC(=S)NCCCC(=O)NCCCOc2cccc(CN3CCCCC3)c2)c1. The Morgan fingerprint density at radius 2 is 1.83 bits per heavy atom. The van der Waals surface area contributed by atoms with Gasteiger partial charge in [0.2, 0.25) is 5.91 Å². The zero-order valence-corrected chi connectivity index (χ0v) is 21.0. The van der Waals surface area contributed by atoms with Crippen molar-refractivity contribution in [3.05, 3.63) is 59.7 Å². The van der Waals surface area contributed by atoms with Gasteiger partial charge < -0.3 is 20.7 Å². The third-order valence-corrected chi connectivity index (χ3v) is 6.03. The van der Waals surface area contributed by atoms with Gasteiger partial charge >= 0.3 is 0 Å². The van der Waals surface area contributed by atoms with Crippen LogP contribution in [0.1, 0.15) is 49.7 Å². The second kappa shape index (κ2) is 15.0. The molecule has 1 fully saturated rings. The van der Waals surface area contributed by atoms with Crippen LogP contribution in [0.3, 0.4) is 0 Å². The Balaban J connectivity index is 1.22. The van der Waals surface area contributed by atoms with E-state index >= 15 is 0 Å². The quantitative estimate of drug-likeness (QED) is 0.302. The van der Waals surface area contributed by atoms with Gasteiger partial charge in [0.05, 0.1) is 18.2 Å². The Labute approximate surface area is 213 Å². The maximum absolute atomic E-state index is 12.1. The third-order valence-electron chi connectivity index (χ3n) is 5.78. The molecule has 3 rings (SSSR count). The number of nitrogens with one attached hydrogen (secondary N) is 3. The number of hydrogen-bond donors (Lipinski definition) is 3. The van der Waals surface area contributed by atoms with E-state index in [1.165, 1.54) is 37.9 Å². The molecule has 0 bridgehead atoms. The Bertz CT molecular complexity index is 1000. The van der Waals surface area contributed by atoms with Crippen molar-refractivity contribution in [1.29, 1.82) is 5.26 Å². The van der Waals surface area contributed by atoms with Crippen LogP contribution in [-0.4, -0.2) is 48.7 Å². The fourth-order valence-corrected chi connectivity index (χ4v) is 4.20. The van der Waals surface area contributed by atoms with E-state index < -0.39 is 0 Å². The number of amides is 1. The molecule has 1 aliphatic rings. The van der Waals surface area contributed by atoms with Crippen molar-refractivity contribution in [2.45, 2.75) is 45.1 Å². The van der Waals surface area contributed by atoms with Crippen molar-refractivity contribution in [2.75, 3.05) is 38.1 Å². The number of ether oxygens (including phenoxy) is 1. The summed E-state index contributed by atoms with van der Waals surface area (Å²) in [6, 6.07) is 17.5. The number of nitrogens with zero attached hydrogens (tertiary/aromatic N) is 2. The normalized spacial score (nSPS) is 13.5. The number of likely N-dealkylation sites (tertiary alicyclic amines) is 1. The summed E-state index contributed by atoms with van der Waals surface area (Å²) in [4.78, 5) is 14.6. The summed E-state index contributed by atoms with van der Waals surface area (Å²) in [6.07, 6.45) is 5.80. The van der Waals surface area contributed by atoms with Crippen LogP contribution in [0.25, 0.3) is 0 Å². The molecule has 35 heavy (non-hydrogen) atoms. The fourth-order valence-electron chi connectivity index (χ4n) is 3.98. The lowest BCUT2D eigenvalue weighted by Gasteiger charge is -2.26. The maximum Gasteiger partial charge on any atom is 0.220 e. The first-order valence-electron chi connectivity index (χ1n) is 12.4. The van der Waals surface area contributed by atoms with Crippen LogP contribution < -0.4 is 20.7 Å².